The lowest BCUT2D eigenvalue weighted by atomic mass is 9.87. The Bertz CT molecular complexity index is 1140. The van der Waals surface area contributed by atoms with Gasteiger partial charge in [0.05, 0.1) is 21.0 Å². The number of hydrogen-bond acceptors (Lipinski definition) is 3. The highest BCUT2D eigenvalue weighted by Crippen LogP contribution is 2.41. The Hall–Kier alpha value is -1.86. The molecular weight excluding hydrogens is 443 g/mol. The first kappa shape index (κ1) is 21.8. The predicted octanol–water partition coefficient (Wildman–Crippen LogP) is 4.85. The fraction of sp³-hybridized carbons (Fsp3) is 0.250. The van der Waals surface area contributed by atoms with Crippen LogP contribution in [0.3, 0.4) is 0 Å². The van der Waals surface area contributed by atoms with Crippen molar-refractivity contribution in [3.63, 3.8) is 0 Å². The summed E-state index contributed by atoms with van der Waals surface area (Å²) in [5.74, 6) is -0.946. The van der Waals surface area contributed by atoms with E-state index in [4.69, 9.17) is 23.2 Å². The molecule has 4 rings (SSSR count). The molecule has 0 amide bonds. The summed E-state index contributed by atoms with van der Waals surface area (Å²) in [6.07, 6.45) is 1.71. The summed E-state index contributed by atoms with van der Waals surface area (Å²) >= 11 is 12.5. The van der Waals surface area contributed by atoms with Crippen molar-refractivity contribution >= 4 is 52.1 Å². The molecule has 1 aromatic heterocycles. The minimum atomic E-state index is -0.849. The third-order valence-corrected chi connectivity index (χ3v) is 6.00. The topological polar surface area (TPSA) is 46.1 Å². The molecule has 2 heterocycles. The summed E-state index contributed by atoms with van der Waals surface area (Å²) in [6.45, 7) is 1.07. The van der Waals surface area contributed by atoms with Crippen LogP contribution in [-0.4, -0.2) is 17.7 Å². The number of pyridine rings is 1. The summed E-state index contributed by atoms with van der Waals surface area (Å²) in [4.78, 5) is 12.4. The number of aromatic nitrogens is 1. The van der Waals surface area contributed by atoms with Crippen molar-refractivity contribution in [1.82, 2.24) is 9.88 Å². The highest BCUT2D eigenvalue weighted by molar-refractivity contribution is 6.42. The van der Waals surface area contributed by atoms with Crippen LogP contribution in [0.25, 0.3) is 10.8 Å². The lowest BCUT2D eigenvalue weighted by molar-refractivity contribution is 0.496. The average molecular weight is 461 g/mol. The van der Waals surface area contributed by atoms with Gasteiger partial charge in [0.25, 0.3) is 5.56 Å². The molecule has 1 aliphatic heterocycles. The van der Waals surface area contributed by atoms with Crippen LogP contribution in [-0.2, 0) is 12.6 Å². The molecule has 29 heavy (non-hydrogen) atoms. The zero-order valence-electron chi connectivity index (χ0n) is 15.4. The normalized spacial score (nSPS) is 18.7. The van der Waals surface area contributed by atoms with Gasteiger partial charge in [-0.15, -0.1) is 12.4 Å². The maximum absolute atomic E-state index is 14.7. The largest absolute Gasteiger partial charge is 0.374 e. The molecule has 2 aromatic carbocycles. The second-order valence-corrected chi connectivity index (χ2v) is 7.79. The molecule has 1 fully saturated rings. The van der Waals surface area contributed by atoms with Crippen molar-refractivity contribution in [2.45, 2.75) is 12.0 Å². The van der Waals surface area contributed by atoms with Crippen LogP contribution >= 0.6 is 35.6 Å². The minimum Gasteiger partial charge on any atom is -0.374 e. The van der Waals surface area contributed by atoms with Gasteiger partial charge in [-0.05, 0) is 43.3 Å². The van der Waals surface area contributed by atoms with Crippen LogP contribution in [0, 0.1) is 11.6 Å². The molecule has 1 atom stereocenters. The smallest absolute Gasteiger partial charge is 0.258 e. The Kier molecular flexibility index (Phi) is 6.11. The lowest BCUT2D eigenvalue weighted by Gasteiger charge is -2.33. The fourth-order valence-corrected chi connectivity index (χ4v) is 4.30. The van der Waals surface area contributed by atoms with Gasteiger partial charge in [-0.1, -0.05) is 23.2 Å². The predicted molar refractivity (Wildman–Crippen MR) is 116 cm³/mol. The molecule has 0 radical (unpaired) electrons. The molecule has 1 saturated heterocycles. The zero-order valence-corrected chi connectivity index (χ0v) is 17.7. The second-order valence-electron chi connectivity index (χ2n) is 7.01. The zero-order chi connectivity index (χ0) is 20.1. The average Bonchev–Trinajstić information content (AvgIpc) is 3.12. The minimum absolute atomic E-state index is 0. The van der Waals surface area contributed by atoms with Crippen molar-refractivity contribution in [2.24, 2.45) is 7.05 Å². The van der Waals surface area contributed by atoms with E-state index in [0.29, 0.717) is 25.2 Å². The van der Waals surface area contributed by atoms with Crippen LogP contribution < -0.4 is 16.2 Å². The first-order valence-electron chi connectivity index (χ1n) is 8.74. The summed E-state index contributed by atoms with van der Waals surface area (Å²) < 4.78 is 30.1. The molecule has 0 spiro atoms. The van der Waals surface area contributed by atoms with Gasteiger partial charge in [-0.25, -0.2) is 8.78 Å². The Labute approximate surface area is 182 Å². The molecule has 154 valence electrons. The van der Waals surface area contributed by atoms with E-state index in [1.165, 1.54) is 23.7 Å². The van der Waals surface area contributed by atoms with E-state index in [2.05, 4.69) is 10.6 Å². The van der Waals surface area contributed by atoms with Gasteiger partial charge in [-0.2, -0.15) is 0 Å². The highest BCUT2D eigenvalue weighted by Gasteiger charge is 2.40. The Balaban J connectivity index is 0.00000240. The lowest BCUT2D eigenvalue weighted by Crippen LogP contribution is -2.39. The molecule has 0 aliphatic carbocycles. The van der Waals surface area contributed by atoms with Gasteiger partial charge in [0.1, 0.15) is 11.6 Å². The van der Waals surface area contributed by atoms with Crippen molar-refractivity contribution in [3.8, 4) is 0 Å². The number of rotatable bonds is 3. The van der Waals surface area contributed by atoms with Crippen LogP contribution in [0.15, 0.2) is 41.3 Å². The third kappa shape index (κ3) is 3.70. The number of hydrogen-bond donors (Lipinski definition) is 2. The van der Waals surface area contributed by atoms with Gasteiger partial charge >= 0.3 is 0 Å². The van der Waals surface area contributed by atoms with Crippen molar-refractivity contribution in [1.29, 1.82) is 0 Å². The van der Waals surface area contributed by atoms with E-state index in [0.717, 1.165) is 6.20 Å². The number of anilines is 1. The number of aryl methyl sites for hydroxylation is 1. The number of halogens is 5. The molecular formula is C20H18Cl3F2N3O. The van der Waals surface area contributed by atoms with Crippen LogP contribution in [0.1, 0.15) is 12.0 Å². The first-order valence-corrected chi connectivity index (χ1v) is 9.50. The van der Waals surface area contributed by atoms with Gasteiger partial charge in [0, 0.05) is 36.4 Å². The quantitative estimate of drug-likeness (QED) is 0.550. The maximum Gasteiger partial charge on any atom is 0.258 e. The van der Waals surface area contributed by atoms with Crippen molar-refractivity contribution in [2.75, 3.05) is 18.4 Å². The third-order valence-electron chi connectivity index (χ3n) is 5.20. The summed E-state index contributed by atoms with van der Waals surface area (Å²) in [7, 11) is 1.49. The second kappa shape index (κ2) is 8.11. The molecule has 4 nitrogen and oxygen atoms in total. The van der Waals surface area contributed by atoms with Crippen molar-refractivity contribution < 1.29 is 8.78 Å². The highest BCUT2D eigenvalue weighted by atomic mass is 35.5. The van der Waals surface area contributed by atoms with E-state index < -0.39 is 17.2 Å². The number of nitrogens with zero attached hydrogens (tertiary/aromatic N) is 1. The maximum atomic E-state index is 14.7. The summed E-state index contributed by atoms with van der Waals surface area (Å²) in [6, 6.07) is 7.50. The van der Waals surface area contributed by atoms with E-state index in [1.54, 1.807) is 18.2 Å². The number of nitrogens with one attached hydrogen (secondary N) is 2. The van der Waals surface area contributed by atoms with Gasteiger partial charge < -0.3 is 15.2 Å². The van der Waals surface area contributed by atoms with E-state index in [1.807, 2.05) is 0 Å². The van der Waals surface area contributed by atoms with Crippen LogP contribution in [0.4, 0.5) is 14.5 Å². The fourth-order valence-electron chi connectivity index (χ4n) is 3.81. The van der Waals surface area contributed by atoms with E-state index >= 15 is 0 Å². The standard InChI is InChI=1S/C20H17Cl2F2N3O.ClH/c1-27-9-16(24)12-3-2-11(8-13(12)19(27)28)26-20(6-7-25-10-20)17-15(23)5-4-14(21)18(17)22;/h2-5,8-9,25-26H,6-7,10H2,1H3;1H. The first-order chi connectivity index (χ1) is 13.3. The Morgan fingerprint density at radius 3 is 2.59 bits per heavy atom. The molecule has 0 bridgehead atoms. The SMILES string of the molecule is Cl.Cn1cc(F)c2ccc(NC3(c4c(F)ccc(Cl)c4Cl)CCNC3)cc2c1=O. The van der Waals surface area contributed by atoms with Gasteiger partial charge in [0.15, 0.2) is 0 Å². The Morgan fingerprint density at radius 1 is 1.14 bits per heavy atom. The molecule has 1 unspecified atom stereocenters. The Morgan fingerprint density at radius 2 is 1.90 bits per heavy atom. The number of fused-ring (bicyclic) bond motifs is 1. The summed E-state index contributed by atoms with van der Waals surface area (Å²) in [5, 5.41) is 7.43. The van der Waals surface area contributed by atoms with Crippen LogP contribution in [0.5, 0.6) is 0 Å². The molecule has 2 N–H and O–H groups in total. The molecule has 3 aromatic rings. The van der Waals surface area contributed by atoms with E-state index in [-0.39, 0.29) is 44.3 Å². The molecule has 1 aliphatic rings. The molecule has 0 saturated carbocycles. The summed E-state index contributed by atoms with van der Waals surface area (Å²) in [5.41, 5.74) is -0.322. The van der Waals surface area contributed by atoms with E-state index in [9.17, 15) is 13.6 Å². The molecule has 9 heteroatoms. The van der Waals surface area contributed by atoms with Crippen molar-refractivity contribution in [3.05, 3.63) is 74.1 Å². The monoisotopic (exact) mass is 459 g/mol. The number of benzene rings is 2. The van der Waals surface area contributed by atoms with Gasteiger partial charge in [-0.3, -0.25) is 4.79 Å². The van der Waals surface area contributed by atoms with Gasteiger partial charge in [0.2, 0.25) is 0 Å². The van der Waals surface area contributed by atoms with Crippen LogP contribution in [0.2, 0.25) is 10.0 Å².